The summed E-state index contributed by atoms with van der Waals surface area (Å²) in [6, 6.07) is 9.73. The Morgan fingerprint density at radius 2 is 1.51 bits per heavy atom. The van der Waals surface area contributed by atoms with Gasteiger partial charge in [0.25, 0.3) is 5.91 Å². The summed E-state index contributed by atoms with van der Waals surface area (Å²) >= 11 is 6.31. The van der Waals surface area contributed by atoms with E-state index in [-0.39, 0.29) is 17.2 Å². The van der Waals surface area contributed by atoms with Crippen LogP contribution in [0.1, 0.15) is 41.5 Å². The van der Waals surface area contributed by atoms with E-state index in [0.29, 0.717) is 15.7 Å². The predicted octanol–water partition coefficient (Wildman–Crippen LogP) is 4.12. The predicted molar refractivity (Wildman–Crippen MR) is 127 cm³/mol. The molecule has 0 bridgehead atoms. The lowest BCUT2D eigenvalue weighted by molar-refractivity contribution is -0.176. The lowest BCUT2D eigenvalue weighted by atomic mass is 9.99. The number of pyridine rings is 1. The summed E-state index contributed by atoms with van der Waals surface area (Å²) in [5, 5.41) is 2.39. The molecular weight excluding hydrogens is 512 g/mol. The summed E-state index contributed by atoms with van der Waals surface area (Å²) in [5.41, 5.74) is 0.589. The van der Waals surface area contributed by atoms with Gasteiger partial charge in [0.05, 0.1) is 7.11 Å². The van der Waals surface area contributed by atoms with Crippen LogP contribution in [0, 0.1) is 11.6 Å². The van der Waals surface area contributed by atoms with Gasteiger partial charge in [-0.05, 0) is 46.9 Å². The molecule has 0 fully saturated rings. The van der Waals surface area contributed by atoms with Crippen molar-refractivity contribution in [1.29, 1.82) is 0 Å². The van der Waals surface area contributed by atoms with E-state index in [0.717, 1.165) is 6.92 Å². The maximum absolute atomic E-state index is 13.5. The van der Waals surface area contributed by atoms with Crippen LogP contribution in [0.3, 0.4) is 0 Å². The van der Waals surface area contributed by atoms with Crippen LogP contribution in [0.4, 0.5) is 8.78 Å². The van der Waals surface area contributed by atoms with Crippen molar-refractivity contribution in [3.63, 3.8) is 0 Å². The average Bonchev–Trinajstić information content (AvgIpc) is 2.86. The highest BCUT2D eigenvalue weighted by molar-refractivity contribution is 6.13. The molecule has 0 aliphatic heterocycles. The molecule has 3 aromatic rings. The lowest BCUT2D eigenvalue weighted by Gasteiger charge is -2.26. The molecule has 0 unspecified atom stereocenters. The average molecular weight is 534 g/mol. The van der Waals surface area contributed by atoms with Crippen molar-refractivity contribution in [1.82, 2.24) is 14.9 Å². The Morgan fingerprint density at radius 3 is 2.00 bits per heavy atom. The minimum absolute atomic E-state index is 0.0824. The first kappa shape index (κ1) is 27.5. The third kappa shape index (κ3) is 6.99. The van der Waals surface area contributed by atoms with Crippen molar-refractivity contribution in [2.24, 2.45) is 0 Å². The summed E-state index contributed by atoms with van der Waals surface area (Å²) in [5.74, 6) is -3.64. The van der Waals surface area contributed by atoms with Crippen LogP contribution in [-0.2, 0) is 14.4 Å². The number of carbonyl (C=O) groups excluding carboxylic acids is 3. The van der Waals surface area contributed by atoms with Crippen LogP contribution in [0.5, 0.6) is 11.5 Å². The van der Waals surface area contributed by atoms with Crippen molar-refractivity contribution < 1.29 is 37.5 Å². The number of ether oxygens (including phenoxy) is 2. The van der Waals surface area contributed by atoms with Crippen LogP contribution < -0.4 is 14.8 Å². The zero-order chi connectivity index (χ0) is 27.1. The number of carbonyl (C=O) groups is 3. The molecule has 1 heterocycles. The molecule has 0 spiro atoms. The SMILES string of the molecule is COc1ccnc(C(=O)N[C@@H](C)C(=O)ON(Cl)C(c2ccc(F)cc2)c2ccc(F)cc2)c1OC(C)=O. The number of esters is 1. The number of amides is 1. The second kappa shape index (κ2) is 12.2. The van der Waals surface area contributed by atoms with Crippen molar-refractivity contribution >= 4 is 29.6 Å². The minimum Gasteiger partial charge on any atom is -0.493 e. The Kier molecular flexibility index (Phi) is 9.10. The molecular formula is C25H22ClF2N3O6. The summed E-state index contributed by atoms with van der Waals surface area (Å²) in [4.78, 5) is 46.2. The standard InChI is InChI=1S/C25H22ClF2N3O6/c1-14(30-24(33)21-23(36-15(2)32)20(35-3)12-13-29-21)25(34)37-31(26)22(16-4-8-18(27)9-5-16)17-6-10-19(28)11-7-17/h4-14,22H,1-3H3,(H,30,33)/t14-/m0/s1. The molecule has 0 radical (unpaired) electrons. The zero-order valence-corrected chi connectivity index (χ0v) is 20.7. The third-order valence-corrected chi connectivity index (χ3v) is 5.27. The van der Waals surface area contributed by atoms with E-state index in [4.69, 9.17) is 26.1 Å². The lowest BCUT2D eigenvalue weighted by Crippen LogP contribution is -2.42. The number of rotatable bonds is 9. The van der Waals surface area contributed by atoms with E-state index in [9.17, 15) is 23.2 Å². The van der Waals surface area contributed by atoms with Gasteiger partial charge in [0.15, 0.2) is 11.4 Å². The highest BCUT2D eigenvalue weighted by atomic mass is 35.5. The molecule has 12 heteroatoms. The zero-order valence-electron chi connectivity index (χ0n) is 19.9. The van der Waals surface area contributed by atoms with Crippen LogP contribution in [0.15, 0.2) is 60.8 Å². The summed E-state index contributed by atoms with van der Waals surface area (Å²) in [6.07, 6.45) is 1.26. The normalized spacial score (nSPS) is 11.7. The minimum atomic E-state index is -1.24. The number of hydroxylamine groups is 1. The second-order valence-corrected chi connectivity index (χ2v) is 8.00. The first-order chi connectivity index (χ1) is 17.6. The van der Waals surface area contributed by atoms with Crippen molar-refractivity contribution in [2.75, 3.05) is 7.11 Å². The monoisotopic (exact) mass is 533 g/mol. The fraction of sp³-hybridized carbons (Fsp3) is 0.200. The highest BCUT2D eigenvalue weighted by Crippen LogP contribution is 2.32. The van der Waals surface area contributed by atoms with Crippen molar-refractivity contribution in [3.8, 4) is 11.5 Å². The summed E-state index contributed by atoms with van der Waals surface area (Å²) < 4.78 is 37.8. The van der Waals surface area contributed by atoms with E-state index in [2.05, 4.69) is 10.3 Å². The number of nitrogens with zero attached hydrogens (tertiary/aromatic N) is 2. The molecule has 194 valence electrons. The molecule has 3 rings (SSSR count). The fourth-order valence-electron chi connectivity index (χ4n) is 3.25. The van der Waals surface area contributed by atoms with Crippen molar-refractivity contribution in [3.05, 3.63) is 89.2 Å². The Labute approximate surface area is 216 Å². The molecule has 1 atom stereocenters. The molecule has 37 heavy (non-hydrogen) atoms. The maximum Gasteiger partial charge on any atom is 0.348 e. The first-order valence-corrected chi connectivity index (χ1v) is 11.1. The van der Waals surface area contributed by atoms with Gasteiger partial charge in [0.2, 0.25) is 5.75 Å². The van der Waals surface area contributed by atoms with Crippen LogP contribution >= 0.6 is 11.8 Å². The van der Waals surface area contributed by atoms with Gasteiger partial charge in [-0.3, -0.25) is 9.59 Å². The summed E-state index contributed by atoms with van der Waals surface area (Å²) in [6.45, 7) is 2.48. The number of aromatic nitrogens is 1. The van der Waals surface area contributed by atoms with Crippen LogP contribution in [0.25, 0.3) is 0 Å². The molecule has 0 saturated carbocycles. The van der Waals surface area contributed by atoms with Gasteiger partial charge in [-0.25, -0.2) is 18.6 Å². The van der Waals surface area contributed by atoms with Gasteiger partial charge in [-0.2, -0.15) is 0 Å². The number of hydrogen-bond acceptors (Lipinski definition) is 8. The van der Waals surface area contributed by atoms with E-state index in [1.807, 2.05) is 0 Å². The van der Waals surface area contributed by atoms with Gasteiger partial charge in [-0.1, -0.05) is 24.3 Å². The Morgan fingerprint density at radius 1 is 0.973 bits per heavy atom. The third-order valence-electron chi connectivity index (χ3n) is 5.00. The number of halogens is 3. The smallest absolute Gasteiger partial charge is 0.348 e. The number of methoxy groups -OCH3 is 1. The van der Waals surface area contributed by atoms with Crippen LogP contribution in [0.2, 0.25) is 0 Å². The van der Waals surface area contributed by atoms with E-state index in [1.165, 1.54) is 74.8 Å². The second-order valence-electron chi connectivity index (χ2n) is 7.67. The molecule has 1 N–H and O–H groups in total. The number of hydrogen-bond donors (Lipinski definition) is 1. The molecule has 2 aromatic carbocycles. The Balaban J connectivity index is 1.78. The topological polar surface area (TPSA) is 107 Å². The van der Waals surface area contributed by atoms with Gasteiger partial charge < -0.3 is 19.6 Å². The van der Waals surface area contributed by atoms with E-state index >= 15 is 0 Å². The largest absolute Gasteiger partial charge is 0.493 e. The van der Waals surface area contributed by atoms with Crippen LogP contribution in [-0.4, -0.2) is 40.6 Å². The Hall–Kier alpha value is -4.09. The molecule has 0 aliphatic carbocycles. The number of benzene rings is 2. The molecule has 0 saturated heterocycles. The highest BCUT2D eigenvalue weighted by Gasteiger charge is 2.29. The van der Waals surface area contributed by atoms with Gasteiger partial charge >= 0.3 is 11.9 Å². The molecule has 0 aliphatic rings. The summed E-state index contributed by atoms with van der Waals surface area (Å²) in [7, 11) is 1.32. The van der Waals surface area contributed by atoms with E-state index < -0.39 is 41.6 Å². The quantitative estimate of drug-likeness (QED) is 0.249. The molecule has 9 nitrogen and oxygen atoms in total. The maximum atomic E-state index is 13.5. The Bertz CT molecular complexity index is 1230. The first-order valence-electron chi connectivity index (χ1n) is 10.8. The van der Waals surface area contributed by atoms with Crippen molar-refractivity contribution in [2.45, 2.75) is 25.9 Å². The van der Waals surface area contributed by atoms with Gasteiger partial charge in [0, 0.05) is 31.0 Å². The van der Waals surface area contributed by atoms with E-state index in [1.54, 1.807) is 0 Å². The number of nitrogens with one attached hydrogen (secondary N) is 1. The molecule has 1 amide bonds. The fourth-order valence-corrected chi connectivity index (χ4v) is 3.55. The van der Waals surface area contributed by atoms with Gasteiger partial charge in [0.1, 0.15) is 23.7 Å². The van der Waals surface area contributed by atoms with Gasteiger partial charge in [-0.15, -0.1) is 0 Å². The molecule has 1 aromatic heterocycles.